The van der Waals surface area contributed by atoms with E-state index in [1.807, 2.05) is 12.3 Å². The summed E-state index contributed by atoms with van der Waals surface area (Å²) >= 11 is 0. The Morgan fingerprint density at radius 2 is 2.32 bits per heavy atom. The molecule has 1 saturated carbocycles. The van der Waals surface area contributed by atoms with Crippen LogP contribution in [0, 0.1) is 5.92 Å². The fraction of sp³-hybridized carbons (Fsp3) is 0.600. The highest BCUT2D eigenvalue weighted by Crippen LogP contribution is 2.39. The fourth-order valence-corrected chi connectivity index (χ4v) is 3.36. The Morgan fingerprint density at radius 1 is 1.42 bits per heavy atom. The van der Waals surface area contributed by atoms with Crippen LogP contribution in [-0.2, 0) is 6.54 Å². The van der Waals surface area contributed by atoms with Gasteiger partial charge in [-0.1, -0.05) is 13.3 Å². The Bertz CT molecular complexity index is 560. The molecule has 2 heterocycles. The lowest BCUT2D eigenvalue weighted by Crippen LogP contribution is -2.20. The van der Waals surface area contributed by atoms with Crippen molar-refractivity contribution >= 4 is 11.2 Å². The van der Waals surface area contributed by atoms with Crippen molar-refractivity contribution in [2.24, 2.45) is 11.7 Å². The highest BCUT2D eigenvalue weighted by molar-refractivity contribution is 5.71. The van der Waals surface area contributed by atoms with Crippen molar-refractivity contribution in [3.05, 3.63) is 24.2 Å². The Labute approximate surface area is 114 Å². The third-order valence-electron chi connectivity index (χ3n) is 4.27. The fourth-order valence-electron chi connectivity index (χ4n) is 3.36. The van der Waals surface area contributed by atoms with Crippen LogP contribution < -0.4 is 5.73 Å². The molecule has 1 aliphatic carbocycles. The quantitative estimate of drug-likeness (QED) is 0.917. The monoisotopic (exact) mass is 258 g/mol. The number of nitrogens with two attached hydrogens (primary N) is 1. The number of imidazole rings is 1. The van der Waals surface area contributed by atoms with Crippen LogP contribution in [0.3, 0.4) is 0 Å². The lowest BCUT2D eigenvalue weighted by molar-refractivity contribution is 0.458. The van der Waals surface area contributed by atoms with Crippen LogP contribution in [0.15, 0.2) is 18.3 Å². The minimum atomic E-state index is 0.519. The van der Waals surface area contributed by atoms with Gasteiger partial charge in [-0.3, -0.25) is 0 Å². The van der Waals surface area contributed by atoms with E-state index in [0.717, 1.165) is 30.7 Å². The smallest absolute Gasteiger partial charge is 0.159 e. The molecular weight excluding hydrogens is 236 g/mol. The number of fused-ring (bicyclic) bond motifs is 1. The normalized spacial score (nSPS) is 23.3. The molecule has 2 aromatic rings. The summed E-state index contributed by atoms with van der Waals surface area (Å²) in [4.78, 5) is 9.37. The van der Waals surface area contributed by atoms with Crippen molar-refractivity contribution in [3.8, 4) is 0 Å². The third-order valence-corrected chi connectivity index (χ3v) is 4.27. The molecule has 0 radical (unpaired) electrons. The first-order valence-corrected chi connectivity index (χ1v) is 7.36. The number of aromatic nitrogens is 3. The summed E-state index contributed by atoms with van der Waals surface area (Å²) < 4.78 is 2.31. The van der Waals surface area contributed by atoms with E-state index in [-0.39, 0.29) is 0 Å². The Hall–Kier alpha value is -1.42. The lowest BCUT2D eigenvalue weighted by Gasteiger charge is -2.18. The van der Waals surface area contributed by atoms with E-state index in [1.54, 1.807) is 0 Å². The topological polar surface area (TPSA) is 56.7 Å². The molecule has 1 fully saturated rings. The van der Waals surface area contributed by atoms with E-state index >= 15 is 0 Å². The molecule has 4 heteroatoms. The molecule has 0 spiro atoms. The van der Waals surface area contributed by atoms with E-state index < -0.39 is 0 Å². The van der Waals surface area contributed by atoms with E-state index in [9.17, 15) is 0 Å². The van der Waals surface area contributed by atoms with E-state index in [2.05, 4.69) is 22.5 Å². The molecule has 2 N–H and O–H groups in total. The first-order valence-electron chi connectivity index (χ1n) is 7.36. The number of hydrogen-bond donors (Lipinski definition) is 1. The van der Waals surface area contributed by atoms with Crippen molar-refractivity contribution in [2.45, 2.75) is 45.1 Å². The molecule has 102 valence electrons. The van der Waals surface area contributed by atoms with Crippen LogP contribution in [0.2, 0.25) is 0 Å². The largest absolute Gasteiger partial charge is 0.330 e. The molecule has 4 nitrogen and oxygen atoms in total. The summed E-state index contributed by atoms with van der Waals surface area (Å²) in [6.45, 7) is 3.97. The lowest BCUT2D eigenvalue weighted by atomic mass is 9.95. The van der Waals surface area contributed by atoms with Crippen molar-refractivity contribution in [1.29, 1.82) is 0 Å². The van der Waals surface area contributed by atoms with Gasteiger partial charge in [0.05, 0.1) is 0 Å². The zero-order chi connectivity index (χ0) is 13.2. The van der Waals surface area contributed by atoms with Gasteiger partial charge in [0, 0.05) is 18.7 Å². The molecule has 19 heavy (non-hydrogen) atoms. The second-order valence-corrected chi connectivity index (χ2v) is 5.50. The molecule has 2 aromatic heterocycles. The van der Waals surface area contributed by atoms with Gasteiger partial charge in [0.1, 0.15) is 11.3 Å². The number of pyridine rings is 1. The number of rotatable bonds is 4. The van der Waals surface area contributed by atoms with E-state index in [4.69, 9.17) is 10.7 Å². The molecule has 0 amide bonds. The first-order chi connectivity index (χ1) is 9.35. The maximum Gasteiger partial charge on any atom is 0.159 e. The molecule has 0 aromatic carbocycles. The number of nitrogens with zero attached hydrogens (tertiary/aromatic N) is 3. The van der Waals surface area contributed by atoms with Gasteiger partial charge in [-0.25, -0.2) is 9.97 Å². The summed E-state index contributed by atoms with van der Waals surface area (Å²) in [5.74, 6) is 2.32. The average molecular weight is 258 g/mol. The molecule has 2 unspecified atom stereocenters. The maximum absolute atomic E-state index is 5.93. The second-order valence-electron chi connectivity index (χ2n) is 5.50. The predicted molar refractivity (Wildman–Crippen MR) is 77.0 cm³/mol. The van der Waals surface area contributed by atoms with Crippen LogP contribution in [0.5, 0.6) is 0 Å². The van der Waals surface area contributed by atoms with Crippen molar-refractivity contribution in [2.75, 3.05) is 6.54 Å². The Morgan fingerprint density at radius 3 is 3.11 bits per heavy atom. The SMILES string of the molecule is CCCn1c(C2CCCC2CN)nc2cccnc21. The van der Waals surface area contributed by atoms with Crippen molar-refractivity contribution < 1.29 is 0 Å². The average Bonchev–Trinajstić information content (AvgIpc) is 3.03. The van der Waals surface area contributed by atoms with Crippen LogP contribution >= 0.6 is 0 Å². The summed E-state index contributed by atoms with van der Waals surface area (Å²) in [6, 6.07) is 4.02. The zero-order valence-corrected chi connectivity index (χ0v) is 11.5. The summed E-state index contributed by atoms with van der Waals surface area (Å²) in [5.41, 5.74) is 7.98. The second kappa shape index (κ2) is 5.29. The molecule has 0 aliphatic heterocycles. The van der Waals surface area contributed by atoms with E-state index in [1.165, 1.54) is 25.1 Å². The molecule has 3 rings (SSSR count). The molecule has 0 bridgehead atoms. The molecule has 1 aliphatic rings. The number of aryl methyl sites for hydroxylation is 1. The zero-order valence-electron chi connectivity index (χ0n) is 11.5. The first kappa shape index (κ1) is 12.6. The van der Waals surface area contributed by atoms with Crippen molar-refractivity contribution in [1.82, 2.24) is 14.5 Å². The maximum atomic E-state index is 5.93. The highest BCUT2D eigenvalue weighted by atomic mass is 15.1. The van der Waals surface area contributed by atoms with Gasteiger partial charge in [0.2, 0.25) is 0 Å². The van der Waals surface area contributed by atoms with Crippen LogP contribution in [0.1, 0.15) is 44.3 Å². The van der Waals surface area contributed by atoms with Gasteiger partial charge >= 0.3 is 0 Å². The van der Waals surface area contributed by atoms with Crippen LogP contribution in [0.4, 0.5) is 0 Å². The summed E-state index contributed by atoms with van der Waals surface area (Å²) in [5, 5.41) is 0. The molecular formula is C15H22N4. The summed E-state index contributed by atoms with van der Waals surface area (Å²) in [6.07, 6.45) is 6.69. The Balaban J connectivity index is 2.08. The van der Waals surface area contributed by atoms with Gasteiger partial charge in [0.15, 0.2) is 5.65 Å². The van der Waals surface area contributed by atoms with Gasteiger partial charge in [-0.05, 0) is 43.9 Å². The third kappa shape index (κ3) is 2.14. The Kier molecular flexibility index (Phi) is 3.51. The minimum absolute atomic E-state index is 0.519. The molecule has 0 saturated heterocycles. The number of hydrogen-bond acceptors (Lipinski definition) is 3. The standard InChI is InChI=1S/C15H22N4/c1-2-9-19-14(12-6-3-5-11(12)10-16)18-13-7-4-8-17-15(13)19/h4,7-8,11-12H,2-3,5-6,9-10,16H2,1H3. The predicted octanol–water partition coefficient (Wildman–Crippen LogP) is 2.68. The van der Waals surface area contributed by atoms with Gasteiger partial charge < -0.3 is 10.3 Å². The van der Waals surface area contributed by atoms with E-state index in [0.29, 0.717) is 11.8 Å². The minimum Gasteiger partial charge on any atom is -0.330 e. The highest BCUT2D eigenvalue weighted by Gasteiger charge is 2.31. The van der Waals surface area contributed by atoms with Crippen LogP contribution in [0.25, 0.3) is 11.2 Å². The van der Waals surface area contributed by atoms with Crippen LogP contribution in [-0.4, -0.2) is 21.1 Å². The van der Waals surface area contributed by atoms with Gasteiger partial charge in [0.25, 0.3) is 0 Å². The van der Waals surface area contributed by atoms with Crippen molar-refractivity contribution in [3.63, 3.8) is 0 Å². The molecule has 2 atom stereocenters. The van der Waals surface area contributed by atoms with Gasteiger partial charge in [-0.15, -0.1) is 0 Å². The van der Waals surface area contributed by atoms with Gasteiger partial charge in [-0.2, -0.15) is 0 Å². The summed E-state index contributed by atoms with van der Waals surface area (Å²) in [7, 11) is 0.